The molecule has 1 aromatic carbocycles. The number of hydrogen-bond donors (Lipinski definition) is 1. The fourth-order valence-electron chi connectivity index (χ4n) is 2.24. The van der Waals surface area contributed by atoms with Crippen LogP contribution in [0.15, 0.2) is 29.0 Å². The highest BCUT2D eigenvalue weighted by Gasteiger charge is 2.29. The first-order valence-corrected chi connectivity index (χ1v) is 7.33. The van der Waals surface area contributed by atoms with Gasteiger partial charge in [0.15, 0.2) is 0 Å². The Labute approximate surface area is 117 Å². The number of benzene rings is 1. The third-order valence-electron chi connectivity index (χ3n) is 3.36. The van der Waals surface area contributed by atoms with Gasteiger partial charge in [0, 0.05) is 5.56 Å². The molecular weight excluding hydrogens is 256 g/mol. The lowest BCUT2D eigenvalue weighted by molar-refractivity contribution is 0.399. The Hall–Kier alpha value is -1.74. The zero-order chi connectivity index (χ0) is 13.2. The van der Waals surface area contributed by atoms with E-state index in [0.29, 0.717) is 11.7 Å². The number of methoxy groups -OCH3 is 1. The predicted molar refractivity (Wildman–Crippen MR) is 79.9 cm³/mol. The lowest BCUT2D eigenvalue weighted by Crippen LogP contribution is -1.92. The molecule has 3 rings (SSSR count). The summed E-state index contributed by atoms with van der Waals surface area (Å²) in [5, 5.41) is 14.3. The maximum absolute atomic E-state index is 10.2. The van der Waals surface area contributed by atoms with E-state index >= 15 is 0 Å². The van der Waals surface area contributed by atoms with Gasteiger partial charge in [0.25, 0.3) is 0 Å². The minimum atomic E-state index is 0.354. The minimum Gasteiger partial charge on any atom is -0.507 e. The standard InChI is InChI=1S/C16H16O2S/c1-18-15-9-12(3-2-11-6-7-19-10-11)8-14(17)16(15)13-4-5-13/h2-3,6-10,13,17H,4-5H2,1H3. The Kier molecular flexibility index (Phi) is 3.30. The van der Waals surface area contributed by atoms with E-state index in [1.165, 1.54) is 5.56 Å². The van der Waals surface area contributed by atoms with Gasteiger partial charge >= 0.3 is 0 Å². The molecule has 0 unspecified atom stereocenters. The Balaban J connectivity index is 1.92. The van der Waals surface area contributed by atoms with Crippen LogP contribution >= 0.6 is 11.3 Å². The van der Waals surface area contributed by atoms with Gasteiger partial charge in [-0.2, -0.15) is 11.3 Å². The van der Waals surface area contributed by atoms with Crippen LogP contribution in [0.25, 0.3) is 12.2 Å². The molecule has 1 aromatic heterocycles. The number of hydrogen-bond acceptors (Lipinski definition) is 3. The van der Waals surface area contributed by atoms with Crippen molar-refractivity contribution in [2.45, 2.75) is 18.8 Å². The van der Waals surface area contributed by atoms with Gasteiger partial charge in [0.05, 0.1) is 7.11 Å². The molecule has 0 atom stereocenters. The molecule has 2 nitrogen and oxygen atoms in total. The monoisotopic (exact) mass is 272 g/mol. The number of rotatable bonds is 4. The molecule has 1 aliphatic rings. The van der Waals surface area contributed by atoms with Crippen LogP contribution in [-0.2, 0) is 0 Å². The van der Waals surface area contributed by atoms with E-state index in [1.807, 2.05) is 29.7 Å². The number of aromatic hydroxyl groups is 1. The molecule has 1 N–H and O–H groups in total. The molecule has 0 spiro atoms. The van der Waals surface area contributed by atoms with Crippen LogP contribution in [-0.4, -0.2) is 12.2 Å². The fourth-order valence-corrected chi connectivity index (χ4v) is 2.87. The van der Waals surface area contributed by atoms with Gasteiger partial charge in [0.1, 0.15) is 11.5 Å². The topological polar surface area (TPSA) is 29.5 Å². The normalized spacial score (nSPS) is 15.0. The molecule has 19 heavy (non-hydrogen) atoms. The molecule has 0 amide bonds. The third kappa shape index (κ3) is 2.66. The maximum atomic E-state index is 10.2. The average molecular weight is 272 g/mol. The van der Waals surface area contributed by atoms with E-state index in [1.54, 1.807) is 18.4 Å². The summed E-state index contributed by atoms with van der Waals surface area (Å²) in [4.78, 5) is 0. The van der Waals surface area contributed by atoms with Crippen molar-refractivity contribution in [3.63, 3.8) is 0 Å². The van der Waals surface area contributed by atoms with Crippen molar-refractivity contribution < 1.29 is 9.84 Å². The molecule has 1 fully saturated rings. The van der Waals surface area contributed by atoms with Gasteiger partial charge in [0.2, 0.25) is 0 Å². The van der Waals surface area contributed by atoms with Crippen LogP contribution in [0, 0.1) is 0 Å². The third-order valence-corrected chi connectivity index (χ3v) is 4.06. The fraction of sp³-hybridized carbons (Fsp3) is 0.250. The molecule has 0 radical (unpaired) electrons. The van der Waals surface area contributed by atoms with E-state index in [-0.39, 0.29) is 0 Å². The summed E-state index contributed by atoms with van der Waals surface area (Å²) in [6.07, 6.45) is 6.34. The van der Waals surface area contributed by atoms with E-state index in [2.05, 4.69) is 11.4 Å². The first-order valence-electron chi connectivity index (χ1n) is 6.39. The van der Waals surface area contributed by atoms with E-state index in [4.69, 9.17) is 4.74 Å². The second kappa shape index (κ2) is 5.10. The first kappa shape index (κ1) is 12.3. The van der Waals surface area contributed by atoms with E-state index in [0.717, 1.165) is 29.7 Å². The molecule has 3 heteroatoms. The summed E-state index contributed by atoms with van der Waals surface area (Å²) in [5.41, 5.74) is 3.11. The number of phenolic OH excluding ortho intramolecular Hbond substituents is 1. The van der Waals surface area contributed by atoms with Crippen molar-refractivity contribution in [1.29, 1.82) is 0 Å². The Morgan fingerprint density at radius 2 is 2.05 bits per heavy atom. The maximum Gasteiger partial charge on any atom is 0.126 e. The SMILES string of the molecule is COc1cc(C=Cc2ccsc2)cc(O)c1C1CC1. The van der Waals surface area contributed by atoms with Crippen LogP contribution in [0.2, 0.25) is 0 Å². The van der Waals surface area contributed by atoms with Gasteiger partial charge in [-0.1, -0.05) is 12.2 Å². The Morgan fingerprint density at radius 3 is 2.68 bits per heavy atom. The highest BCUT2D eigenvalue weighted by molar-refractivity contribution is 7.08. The van der Waals surface area contributed by atoms with E-state index < -0.39 is 0 Å². The molecule has 1 aliphatic carbocycles. The van der Waals surface area contributed by atoms with Crippen molar-refractivity contribution in [3.8, 4) is 11.5 Å². The van der Waals surface area contributed by atoms with Crippen LogP contribution in [0.5, 0.6) is 11.5 Å². The lowest BCUT2D eigenvalue weighted by atomic mass is 10.0. The molecule has 1 heterocycles. The van der Waals surface area contributed by atoms with Crippen molar-refractivity contribution in [2.75, 3.05) is 7.11 Å². The molecule has 0 aliphatic heterocycles. The van der Waals surface area contributed by atoms with Crippen LogP contribution in [0.4, 0.5) is 0 Å². The smallest absolute Gasteiger partial charge is 0.126 e. The summed E-state index contributed by atoms with van der Waals surface area (Å²) in [6.45, 7) is 0. The summed E-state index contributed by atoms with van der Waals surface area (Å²) in [7, 11) is 1.66. The van der Waals surface area contributed by atoms with E-state index in [9.17, 15) is 5.11 Å². The zero-order valence-electron chi connectivity index (χ0n) is 10.8. The van der Waals surface area contributed by atoms with Gasteiger partial charge in [-0.3, -0.25) is 0 Å². The Morgan fingerprint density at radius 1 is 1.26 bits per heavy atom. The highest BCUT2D eigenvalue weighted by Crippen LogP contribution is 2.48. The summed E-state index contributed by atoms with van der Waals surface area (Å²) in [6, 6.07) is 5.88. The zero-order valence-corrected chi connectivity index (χ0v) is 11.6. The largest absolute Gasteiger partial charge is 0.507 e. The molecular formula is C16H16O2S. The quantitative estimate of drug-likeness (QED) is 0.887. The van der Waals surface area contributed by atoms with Crippen molar-refractivity contribution in [1.82, 2.24) is 0 Å². The second-order valence-corrected chi connectivity index (χ2v) is 5.60. The van der Waals surface area contributed by atoms with Gasteiger partial charge in [-0.15, -0.1) is 0 Å². The first-order chi connectivity index (χ1) is 9.28. The highest BCUT2D eigenvalue weighted by atomic mass is 32.1. The van der Waals surface area contributed by atoms with Crippen molar-refractivity contribution in [2.24, 2.45) is 0 Å². The molecule has 1 saturated carbocycles. The molecule has 98 valence electrons. The van der Waals surface area contributed by atoms with Crippen LogP contribution < -0.4 is 4.74 Å². The second-order valence-electron chi connectivity index (χ2n) is 4.82. The molecule has 0 bridgehead atoms. The van der Waals surface area contributed by atoms with Crippen LogP contribution in [0.1, 0.15) is 35.4 Å². The molecule has 2 aromatic rings. The Bertz CT molecular complexity index is 595. The number of thiophene rings is 1. The lowest BCUT2D eigenvalue weighted by Gasteiger charge is -2.11. The van der Waals surface area contributed by atoms with Gasteiger partial charge < -0.3 is 9.84 Å². The summed E-state index contributed by atoms with van der Waals surface area (Å²) in [5.74, 6) is 1.63. The predicted octanol–water partition coefficient (Wildman–Crippen LogP) is 4.51. The number of ether oxygens (including phenoxy) is 1. The van der Waals surface area contributed by atoms with Gasteiger partial charge in [-0.25, -0.2) is 0 Å². The summed E-state index contributed by atoms with van der Waals surface area (Å²) >= 11 is 1.67. The van der Waals surface area contributed by atoms with Crippen LogP contribution in [0.3, 0.4) is 0 Å². The average Bonchev–Trinajstić information content (AvgIpc) is 3.10. The van der Waals surface area contributed by atoms with Crippen molar-refractivity contribution >= 4 is 23.5 Å². The van der Waals surface area contributed by atoms with Crippen molar-refractivity contribution in [3.05, 3.63) is 45.6 Å². The van der Waals surface area contributed by atoms with Gasteiger partial charge in [-0.05, 0) is 58.8 Å². The molecule has 0 saturated heterocycles. The summed E-state index contributed by atoms with van der Waals surface area (Å²) < 4.78 is 5.41. The minimum absolute atomic E-state index is 0.354. The number of phenols is 1.